The fraction of sp³-hybridized carbons (Fsp3) is 0.176. The molecule has 0 radical (unpaired) electrons. The van der Waals surface area contributed by atoms with Gasteiger partial charge in [-0.2, -0.15) is 52.8 Å². The third kappa shape index (κ3) is 14.9. The van der Waals surface area contributed by atoms with Crippen LogP contribution in [0, 0.1) is 0 Å². The third-order valence-corrected chi connectivity index (χ3v) is 13.8. The molecule has 10 aromatic rings. The summed E-state index contributed by atoms with van der Waals surface area (Å²) in [5.74, 6) is 0.333. The number of carbonyl (C=O) groups excluding carboxylic acids is 2. The first-order valence-corrected chi connectivity index (χ1v) is 26.8. The number of Topliss-reactive ketones (excluding diaryl/α,β-unsaturated/α-hetero) is 2. The predicted octanol–water partition coefficient (Wildman–Crippen LogP) is 8.38. The van der Waals surface area contributed by atoms with Crippen LogP contribution in [0.25, 0.3) is 0 Å². The van der Waals surface area contributed by atoms with Crippen molar-refractivity contribution in [1.82, 2.24) is 9.13 Å². The molecule has 0 unspecified atom stereocenters. The largest absolute Gasteiger partial charge is 0.387 e. The van der Waals surface area contributed by atoms with Crippen LogP contribution in [0.3, 0.4) is 0 Å². The van der Waals surface area contributed by atoms with Crippen LogP contribution in [0.15, 0.2) is 280 Å². The van der Waals surface area contributed by atoms with E-state index in [1.807, 2.05) is 46.6 Å². The summed E-state index contributed by atoms with van der Waals surface area (Å²) in [7, 11) is 0. The van der Waals surface area contributed by atoms with E-state index in [9.17, 15) is 14.7 Å². The van der Waals surface area contributed by atoms with Gasteiger partial charge in [-0.1, -0.05) is 243 Å². The van der Waals surface area contributed by atoms with Crippen LogP contribution in [0.2, 0.25) is 0 Å². The number of rotatable bonds is 13. The average Bonchev–Trinajstić information content (AvgIpc) is 4.21. The van der Waals surface area contributed by atoms with Crippen LogP contribution in [0.5, 0.6) is 0 Å². The van der Waals surface area contributed by atoms with Crippen LogP contribution >= 0.6 is 0 Å². The highest BCUT2D eigenvalue weighted by Gasteiger charge is 2.32. The number of hydrogen-bond acceptors (Lipinski definition) is 3. The Balaban J connectivity index is 0.000000176. The van der Waals surface area contributed by atoms with Gasteiger partial charge in [-0.05, 0) is 55.4 Å². The lowest BCUT2D eigenvalue weighted by molar-refractivity contribution is -0.945. The zero-order valence-electron chi connectivity index (χ0n) is 46.2. The van der Waals surface area contributed by atoms with Crippen LogP contribution in [-0.2, 0) is 9.59 Å². The fourth-order valence-corrected chi connectivity index (χ4v) is 10.3. The molecule has 0 aliphatic carbocycles. The SMILES string of the molecule is CC(C)=O.CC(C)=O.CC(C)n1cc[n+](C(CO)[n+]2ccn(C(C)C)c2)c1.c1ccc([B-](c2ccccc2)(c2ccccc2)c2ccccc2)cc1.c1ccc([B-](c2ccccc2)(c2ccccc2)c2ccccc2)cc1. The van der Waals surface area contributed by atoms with Gasteiger partial charge in [0.05, 0.1) is 12.1 Å². The molecular weight excluding hydrogens is 942 g/mol. The lowest BCUT2D eigenvalue weighted by Crippen LogP contribution is -2.74. The van der Waals surface area contributed by atoms with E-state index in [-0.39, 0.29) is 24.3 Å². The number of benzene rings is 8. The van der Waals surface area contributed by atoms with Gasteiger partial charge in [0.25, 0.3) is 6.17 Å². The maximum Gasteiger partial charge on any atom is 0.265 e. The lowest BCUT2D eigenvalue weighted by Gasteiger charge is -2.44. The molecule has 7 nitrogen and oxygen atoms in total. The summed E-state index contributed by atoms with van der Waals surface area (Å²) < 4.78 is 8.32. The number of carbonyl (C=O) groups is 2. The van der Waals surface area contributed by atoms with Crippen molar-refractivity contribution in [2.75, 3.05) is 6.61 Å². The summed E-state index contributed by atoms with van der Waals surface area (Å²) in [4.78, 5) is 18.9. The van der Waals surface area contributed by atoms with Gasteiger partial charge < -0.3 is 14.7 Å². The molecule has 0 atom stereocenters. The highest BCUT2D eigenvalue weighted by atomic mass is 16.3. The molecule has 0 amide bonds. The van der Waals surface area contributed by atoms with Crippen molar-refractivity contribution in [3.8, 4) is 0 Å². The molecule has 8 aromatic carbocycles. The first kappa shape index (κ1) is 57.9. The number of aliphatic hydroxyl groups is 1. The summed E-state index contributed by atoms with van der Waals surface area (Å²) in [6.07, 6.45) is 9.61. The van der Waals surface area contributed by atoms with Crippen LogP contribution in [0.4, 0.5) is 0 Å². The number of aromatic nitrogens is 4. The molecule has 392 valence electrons. The first-order chi connectivity index (χ1) is 37.3. The summed E-state index contributed by atoms with van der Waals surface area (Å²) in [6, 6.07) is 87.9. The Morgan fingerprint density at radius 3 is 0.662 bits per heavy atom. The number of imidazole rings is 2. The van der Waals surface area contributed by atoms with Crippen LogP contribution in [0.1, 0.15) is 73.6 Å². The van der Waals surface area contributed by atoms with Crippen molar-refractivity contribution in [3.63, 3.8) is 0 Å². The van der Waals surface area contributed by atoms with Gasteiger partial charge >= 0.3 is 0 Å². The van der Waals surface area contributed by atoms with Gasteiger partial charge in [0, 0.05) is 0 Å². The van der Waals surface area contributed by atoms with Gasteiger partial charge in [-0.15, -0.1) is 0 Å². The summed E-state index contributed by atoms with van der Waals surface area (Å²) >= 11 is 0. The monoisotopic (exact) mass is 1020 g/mol. The van der Waals surface area contributed by atoms with E-state index in [0.29, 0.717) is 12.1 Å². The standard InChI is InChI=1S/2C24H20B.C14H24N4O.2C3H6O/c2*1-5-13-21(14-6-1)25(22-15-7-2-8-16-22,23-17-9-3-10-18-23)24-19-11-4-12-20-24;1-12(2)15-5-7-17(10-15)14(9-19)18-8-6-16(11-18)13(3)4;2*1-3(2)4/h2*1-20H;5-8,10-14,19H,9H2,1-4H3;2*1-2H3/q2*-1;+2;;. The van der Waals surface area contributed by atoms with Crippen molar-refractivity contribution in [3.05, 3.63) is 280 Å². The molecular formula is C68H76B2N4O3. The molecule has 0 spiro atoms. The molecule has 2 aromatic heterocycles. The first-order valence-electron chi connectivity index (χ1n) is 26.8. The second-order valence-electron chi connectivity index (χ2n) is 20.3. The lowest BCUT2D eigenvalue weighted by atomic mass is 9.13. The van der Waals surface area contributed by atoms with Gasteiger partial charge in [0.2, 0.25) is 12.7 Å². The molecule has 9 heteroatoms. The van der Waals surface area contributed by atoms with Crippen LogP contribution < -0.4 is 52.8 Å². The minimum Gasteiger partial charge on any atom is -0.387 e. The van der Waals surface area contributed by atoms with Crippen molar-refractivity contribution < 1.29 is 23.8 Å². The highest BCUT2D eigenvalue weighted by Crippen LogP contribution is 2.12. The second-order valence-corrected chi connectivity index (χ2v) is 20.3. The van der Waals surface area contributed by atoms with E-state index in [0.717, 1.165) is 0 Å². The highest BCUT2D eigenvalue weighted by molar-refractivity contribution is 7.20. The predicted molar refractivity (Wildman–Crippen MR) is 324 cm³/mol. The molecule has 0 aliphatic heterocycles. The van der Waals surface area contributed by atoms with E-state index in [4.69, 9.17) is 0 Å². The van der Waals surface area contributed by atoms with Crippen molar-refractivity contribution in [1.29, 1.82) is 0 Å². The molecule has 1 N–H and O–H groups in total. The molecule has 0 fully saturated rings. The zero-order chi connectivity index (χ0) is 55.0. The Bertz CT molecular complexity index is 2690. The third-order valence-electron chi connectivity index (χ3n) is 13.8. The number of ketones is 2. The minimum atomic E-state index is -1.22. The van der Waals surface area contributed by atoms with E-state index in [2.05, 4.69) is 279 Å². The molecule has 0 saturated heterocycles. The van der Waals surface area contributed by atoms with Crippen molar-refractivity contribution >= 4 is 67.6 Å². The Labute approximate surface area is 458 Å². The molecule has 0 bridgehead atoms. The Hall–Kier alpha value is -8.39. The molecule has 0 aliphatic rings. The molecule has 77 heavy (non-hydrogen) atoms. The van der Waals surface area contributed by atoms with E-state index < -0.39 is 12.3 Å². The molecule has 0 saturated carbocycles. The topological polar surface area (TPSA) is 72.0 Å². The summed E-state index contributed by atoms with van der Waals surface area (Å²) in [5.41, 5.74) is 10.7. The maximum absolute atomic E-state index is 9.67. The Morgan fingerprint density at radius 1 is 0.364 bits per heavy atom. The van der Waals surface area contributed by atoms with Gasteiger partial charge in [-0.3, -0.25) is 0 Å². The van der Waals surface area contributed by atoms with Gasteiger partial charge in [0.1, 0.15) is 55.3 Å². The summed E-state index contributed by atoms with van der Waals surface area (Å²) in [6.45, 7) is 14.7. The minimum absolute atomic E-state index is 0.0690. The maximum atomic E-state index is 9.67. The number of aliphatic hydroxyl groups excluding tert-OH is 1. The van der Waals surface area contributed by atoms with E-state index >= 15 is 0 Å². The summed E-state index contributed by atoms with van der Waals surface area (Å²) in [5, 5.41) is 9.67. The molecule has 10 rings (SSSR count). The average molecular weight is 1020 g/mol. The number of nitrogens with zero attached hydrogens (tertiary/aromatic N) is 4. The second kappa shape index (κ2) is 29.1. The molecule has 2 heterocycles. The number of hydrogen-bond donors (Lipinski definition) is 1. The van der Waals surface area contributed by atoms with E-state index in [1.165, 1.54) is 71.4 Å². The Morgan fingerprint density at radius 2 is 0.532 bits per heavy atom. The van der Waals surface area contributed by atoms with Crippen molar-refractivity contribution in [2.24, 2.45) is 0 Å². The fourth-order valence-electron chi connectivity index (χ4n) is 10.3. The van der Waals surface area contributed by atoms with E-state index in [1.54, 1.807) is 0 Å². The van der Waals surface area contributed by atoms with Gasteiger partial charge in [0.15, 0.2) is 0 Å². The smallest absolute Gasteiger partial charge is 0.265 e. The normalized spacial score (nSPS) is 10.9. The Kier molecular flexibility index (Phi) is 21.8. The van der Waals surface area contributed by atoms with Crippen molar-refractivity contribution in [2.45, 2.75) is 73.6 Å². The van der Waals surface area contributed by atoms with Crippen LogP contribution in [-0.4, -0.2) is 44.7 Å². The van der Waals surface area contributed by atoms with Gasteiger partial charge in [-0.25, -0.2) is 9.13 Å². The zero-order valence-corrected chi connectivity index (χ0v) is 46.2. The quantitative estimate of drug-likeness (QED) is 0.0933.